The van der Waals surface area contributed by atoms with Crippen LogP contribution in [0, 0.1) is 0 Å². The molecule has 0 bridgehead atoms. The number of aromatic amines is 1. The lowest BCUT2D eigenvalue weighted by atomic mass is 9.98. The summed E-state index contributed by atoms with van der Waals surface area (Å²) >= 11 is 0. The number of pyridine rings is 2. The quantitative estimate of drug-likeness (QED) is 0.544. The third kappa shape index (κ3) is 3.55. The van der Waals surface area contributed by atoms with Crippen LogP contribution in [0.4, 0.5) is 0 Å². The topological polar surface area (TPSA) is 71.1 Å². The fourth-order valence-corrected chi connectivity index (χ4v) is 3.69. The van der Waals surface area contributed by atoms with Crippen molar-refractivity contribution in [3.8, 4) is 11.5 Å². The van der Waals surface area contributed by atoms with Crippen LogP contribution in [0.15, 0.2) is 79.3 Å². The maximum atomic E-state index is 12.9. The first-order valence-corrected chi connectivity index (χ1v) is 9.88. The number of H-pyrrole nitrogens is 1. The summed E-state index contributed by atoms with van der Waals surface area (Å²) in [5, 5.41) is 1.11. The van der Waals surface area contributed by atoms with E-state index in [9.17, 15) is 4.79 Å². The van der Waals surface area contributed by atoms with E-state index in [0.717, 1.165) is 23.2 Å². The van der Waals surface area contributed by atoms with E-state index in [2.05, 4.69) is 21.0 Å². The van der Waals surface area contributed by atoms with Crippen LogP contribution in [0.3, 0.4) is 0 Å². The molecule has 0 saturated carbocycles. The van der Waals surface area contributed by atoms with Gasteiger partial charge in [0.15, 0.2) is 0 Å². The molecule has 4 aromatic rings. The van der Waals surface area contributed by atoms with E-state index in [0.29, 0.717) is 24.5 Å². The van der Waals surface area contributed by atoms with Crippen molar-refractivity contribution in [3.05, 3.63) is 90.5 Å². The van der Waals surface area contributed by atoms with Gasteiger partial charge in [-0.2, -0.15) is 0 Å². The number of nitrogens with one attached hydrogen (secondary N) is 1. The highest BCUT2D eigenvalue weighted by Crippen LogP contribution is 2.28. The molecule has 1 amide bonds. The molecule has 3 aromatic heterocycles. The van der Waals surface area contributed by atoms with Gasteiger partial charge in [-0.05, 0) is 54.0 Å². The Labute approximate surface area is 173 Å². The second-order valence-electron chi connectivity index (χ2n) is 7.12. The van der Waals surface area contributed by atoms with Crippen LogP contribution in [0.5, 0.6) is 11.5 Å². The van der Waals surface area contributed by atoms with Crippen molar-refractivity contribution in [2.75, 3.05) is 13.1 Å². The lowest BCUT2D eigenvalue weighted by molar-refractivity contribution is 0.0767. The van der Waals surface area contributed by atoms with Gasteiger partial charge in [0, 0.05) is 30.9 Å². The Morgan fingerprint density at radius 1 is 1.00 bits per heavy atom. The smallest absolute Gasteiger partial charge is 0.272 e. The number of hydrogen-bond donors (Lipinski definition) is 1. The Morgan fingerprint density at radius 2 is 1.90 bits per heavy atom. The predicted octanol–water partition coefficient (Wildman–Crippen LogP) is 4.68. The molecule has 1 aliphatic rings. The van der Waals surface area contributed by atoms with Gasteiger partial charge in [0.25, 0.3) is 5.91 Å². The Hall–Kier alpha value is -3.93. The number of aromatic nitrogens is 3. The van der Waals surface area contributed by atoms with Gasteiger partial charge in [-0.15, -0.1) is 0 Å². The predicted molar refractivity (Wildman–Crippen MR) is 115 cm³/mol. The van der Waals surface area contributed by atoms with Crippen molar-refractivity contribution < 1.29 is 9.53 Å². The maximum absolute atomic E-state index is 12.9. The SMILES string of the molecule is O=C(c1ccc(Oc2ccccc2)cn1)N1CC=C(c2ccnc3[nH]ccc23)CC1. The third-order valence-electron chi connectivity index (χ3n) is 5.24. The summed E-state index contributed by atoms with van der Waals surface area (Å²) in [5.41, 5.74) is 3.72. The fourth-order valence-electron chi connectivity index (χ4n) is 3.69. The van der Waals surface area contributed by atoms with E-state index in [4.69, 9.17) is 4.74 Å². The number of carbonyl (C=O) groups excluding carboxylic acids is 1. The Balaban J connectivity index is 1.28. The molecule has 0 unspecified atom stereocenters. The lowest BCUT2D eigenvalue weighted by Crippen LogP contribution is -2.35. The maximum Gasteiger partial charge on any atom is 0.272 e. The highest BCUT2D eigenvalue weighted by atomic mass is 16.5. The highest BCUT2D eigenvalue weighted by Gasteiger charge is 2.21. The van der Waals surface area contributed by atoms with E-state index in [-0.39, 0.29) is 5.91 Å². The molecule has 0 spiro atoms. The van der Waals surface area contributed by atoms with Crippen LogP contribution in [0.1, 0.15) is 22.5 Å². The molecule has 6 nitrogen and oxygen atoms in total. The van der Waals surface area contributed by atoms with Crippen LogP contribution >= 0.6 is 0 Å². The Kier molecular flexibility index (Phi) is 4.73. The van der Waals surface area contributed by atoms with E-state index >= 15 is 0 Å². The summed E-state index contributed by atoms with van der Waals surface area (Å²) in [5.74, 6) is 1.27. The van der Waals surface area contributed by atoms with Crippen molar-refractivity contribution in [3.63, 3.8) is 0 Å². The minimum atomic E-state index is -0.0712. The molecule has 1 N–H and O–H groups in total. The molecule has 30 heavy (non-hydrogen) atoms. The largest absolute Gasteiger partial charge is 0.456 e. The van der Waals surface area contributed by atoms with Crippen molar-refractivity contribution in [2.24, 2.45) is 0 Å². The molecule has 148 valence electrons. The minimum absolute atomic E-state index is 0.0712. The molecule has 1 aromatic carbocycles. The van der Waals surface area contributed by atoms with Gasteiger partial charge < -0.3 is 14.6 Å². The molecular weight excluding hydrogens is 376 g/mol. The fraction of sp³-hybridized carbons (Fsp3) is 0.125. The molecule has 4 heterocycles. The zero-order chi connectivity index (χ0) is 20.3. The van der Waals surface area contributed by atoms with E-state index in [1.54, 1.807) is 18.3 Å². The van der Waals surface area contributed by atoms with Gasteiger partial charge in [0.05, 0.1) is 6.20 Å². The number of hydrogen-bond acceptors (Lipinski definition) is 4. The molecule has 5 rings (SSSR count). The molecule has 1 aliphatic heterocycles. The van der Waals surface area contributed by atoms with Gasteiger partial charge >= 0.3 is 0 Å². The zero-order valence-electron chi connectivity index (χ0n) is 16.3. The third-order valence-corrected chi connectivity index (χ3v) is 5.24. The van der Waals surface area contributed by atoms with E-state index in [1.165, 1.54) is 11.1 Å². The van der Waals surface area contributed by atoms with Crippen molar-refractivity contribution in [1.82, 2.24) is 19.9 Å². The van der Waals surface area contributed by atoms with Gasteiger partial charge in [-0.25, -0.2) is 9.97 Å². The molecule has 0 radical (unpaired) electrons. The van der Waals surface area contributed by atoms with Crippen LogP contribution in [0.2, 0.25) is 0 Å². The van der Waals surface area contributed by atoms with Crippen LogP contribution in [-0.2, 0) is 0 Å². The van der Waals surface area contributed by atoms with Crippen LogP contribution in [-0.4, -0.2) is 38.8 Å². The summed E-state index contributed by atoms with van der Waals surface area (Å²) in [6.07, 6.45) is 8.22. The van der Waals surface area contributed by atoms with Crippen molar-refractivity contribution in [1.29, 1.82) is 0 Å². The number of carbonyl (C=O) groups is 1. The summed E-state index contributed by atoms with van der Waals surface area (Å²) in [4.78, 5) is 26.5. The van der Waals surface area contributed by atoms with Gasteiger partial charge in [-0.3, -0.25) is 4.79 Å². The average Bonchev–Trinajstić information content (AvgIpc) is 3.29. The monoisotopic (exact) mass is 396 g/mol. The first kappa shape index (κ1) is 18.1. The van der Waals surface area contributed by atoms with Gasteiger partial charge in [-0.1, -0.05) is 24.3 Å². The van der Waals surface area contributed by atoms with Crippen LogP contribution < -0.4 is 4.74 Å². The number of rotatable bonds is 4. The van der Waals surface area contributed by atoms with Crippen molar-refractivity contribution >= 4 is 22.5 Å². The molecule has 6 heteroatoms. The molecule has 0 fully saturated rings. The highest BCUT2D eigenvalue weighted by molar-refractivity contribution is 5.94. The summed E-state index contributed by atoms with van der Waals surface area (Å²) in [6, 6.07) is 17.1. The molecule has 0 saturated heterocycles. The number of benzene rings is 1. The number of para-hydroxylation sites is 1. The summed E-state index contributed by atoms with van der Waals surface area (Å²) in [6.45, 7) is 1.22. The minimum Gasteiger partial charge on any atom is -0.456 e. The molecule has 0 aliphatic carbocycles. The number of ether oxygens (including phenoxy) is 1. The molecular formula is C24H20N4O2. The van der Waals surface area contributed by atoms with Gasteiger partial charge in [0.1, 0.15) is 22.8 Å². The number of nitrogens with zero attached hydrogens (tertiary/aromatic N) is 3. The number of amides is 1. The van der Waals surface area contributed by atoms with Crippen molar-refractivity contribution in [2.45, 2.75) is 6.42 Å². The Morgan fingerprint density at radius 3 is 2.67 bits per heavy atom. The number of fused-ring (bicyclic) bond motifs is 1. The lowest BCUT2D eigenvalue weighted by Gasteiger charge is -2.26. The molecule has 0 atom stereocenters. The van der Waals surface area contributed by atoms with Crippen LogP contribution in [0.25, 0.3) is 16.6 Å². The Bertz CT molecular complexity index is 1210. The van der Waals surface area contributed by atoms with Gasteiger partial charge in [0.2, 0.25) is 0 Å². The first-order valence-electron chi connectivity index (χ1n) is 9.88. The standard InChI is InChI=1S/C24H20N4O2/c29-24(22-7-6-19(16-27-22)30-18-4-2-1-3-5-18)28-14-10-17(11-15-28)20-8-12-25-23-21(20)9-13-26-23/h1-10,12-13,16H,11,14-15H2,(H,25,26). The summed E-state index contributed by atoms with van der Waals surface area (Å²) < 4.78 is 5.75. The average molecular weight is 396 g/mol. The summed E-state index contributed by atoms with van der Waals surface area (Å²) in [7, 11) is 0. The second kappa shape index (κ2) is 7.83. The second-order valence-corrected chi connectivity index (χ2v) is 7.12. The normalized spacial score (nSPS) is 13.9. The van der Waals surface area contributed by atoms with E-state index in [1.807, 2.05) is 59.8 Å². The first-order chi connectivity index (χ1) is 14.8. The zero-order valence-corrected chi connectivity index (χ0v) is 16.3. The van der Waals surface area contributed by atoms with E-state index < -0.39 is 0 Å².